The molecule has 7 heteroatoms. The normalized spacial score (nSPS) is 15.5. The highest BCUT2D eigenvalue weighted by Crippen LogP contribution is 2.42. The zero-order valence-electron chi connectivity index (χ0n) is 14.5. The second-order valence-electron chi connectivity index (χ2n) is 6.66. The first-order valence-corrected chi connectivity index (χ1v) is 9.10. The molecule has 0 spiro atoms. The second-order valence-corrected chi connectivity index (χ2v) is 7.77. The Balaban J connectivity index is 1.94. The third-order valence-corrected chi connectivity index (χ3v) is 5.53. The maximum absolute atomic E-state index is 12.5. The Morgan fingerprint density at radius 2 is 1.92 bits per heavy atom. The summed E-state index contributed by atoms with van der Waals surface area (Å²) in [5.74, 6) is 1.20. The van der Waals surface area contributed by atoms with Gasteiger partial charge in [0.1, 0.15) is 0 Å². The van der Waals surface area contributed by atoms with Gasteiger partial charge >= 0.3 is 0 Å². The minimum absolute atomic E-state index is 0.116. The minimum Gasteiger partial charge on any atom is -0.348 e. The van der Waals surface area contributed by atoms with E-state index in [1.54, 1.807) is 31.4 Å². The Hall–Kier alpha value is -1.89. The summed E-state index contributed by atoms with van der Waals surface area (Å²) < 4.78 is 2.19. The molecule has 2 aromatic rings. The summed E-state index contributed by atoms with van der Waals surface area (Å²) in [6, 6.07) is 4.33. The molecule has 24 heavy (non-hydrogen) atoms. The molecule has 1 aliphatic carbocycles. The highest BCUT2D eigenvalue weighted by atomic mass is 32.2. The summed E-state index contributed by atoms with van der Waals surface area (Å²) in [6.07, 6.45) is 5.80. The van der Waals surface area contributed by atoms with E-state index in [-0.39, 0.29) is 17.1 Å². The third kappa shape index (κ3) is 3.45. The second kappa shape index (κ2) is 6.93. The first-order valence-electron chi connectivity index (χ1n) is 8.22. The van der Waals surface area contributed by atoms with E-state index < -0.39 is 0 Å². The average molecular weight is 345 g/mol. The maximum atomic E-state index is 12.5. The fraction of sp³-hybridized carbons (Fsp3) is 0.529. The molecule has 2 aromatic heterocycles. The summed E-state index contributed by atoms with van der Waals surface area (Å²) in [6.45, 7) is 4.14. The van der Waals surface area contributed by atoms with Crippen LogP contribution in [0.3, 0.4) is 0 Å². The number of aromatic nitrogens is 4. The fourth-order valence-corrected chi connectivity index (χ4v) is 3.80. The van der Waals surface area contributed by atoms with Gasteiger partial charge in [0.05, 0.1) is 5.25 Å². The summed E-state index contributed by atoms with van der Waals surface area (Å²) in [7, 11) is 3.60. The highest BCUT2D eigenvalue weighted by Gasteiger charge is 2.33. The number of amides is 1. The number of hydrogen-bond acceptors (Lipinski definition) is 5. The van der Waals surface area contributed by atoms with Gasteiger partial charge in [-0.3, -0.25) is 14.3 Å². The summed E-state index contributed by atoms with van der Waals surface area (Å²) >= 11 is 1.53. The zero-order valence-corrected chi connectivity index (χ0v) is 15.3. The number of rotatable bonds is 6. The van der Waals surface area contributed by atoms with Crippen molar-refractivity contribution in [2.45, 2.75) is 43.1 Å². The zero-order chi connectivity index (χ0) is 17.3. The molecular formula is C17H23N5OS. The van der Waals surface area contributed by atoms with E-state index in [2.05, 4.69) is 33.6 Å². The van der Waals surface area contributed by atoms with Crippen molar-refractivity contribution in [2.75, 3.05) is 14.1 Å². The predicted octanol–water partition coefficient (Wildman–Crippen LogP) is 2.88. The fourth-order valence-electron chi connectivity index (χ4n) is 2.56. The average Bonchev–Trinajstić information content (AvgIpc) is 3.32. The molecule has 0 radical (unpaired) electrons. The van der Waals surface area contributed by atoms with Gasteiger partial charge in [0.2, 0.25) is 5.91 Å². The largest absolute Gasteiger partial charge is 0.348 e. The molecule has 1 aliphatic rings. The number of carbonyl (C=O) groups excluding carboxylic acids is 1. The third-order valence-electron chi connectivity index (χ3n) is 4.04. The van der Waals surface area contributed by atoms with E-state index in [0.29, 0.717) is 6.04 Å². The van der Waals surface area contributed by atoms with Gasteiger partial charge < -0.3 is 4.90 Å². The van der Waals surface area contributed by atoms with E-state index in [1.807, 2.05) is 12.1 Å². The van der Waals surface area contributed by atoms with Crippen molar-refractivity contribution in [1.29, 1.82) is 0 Å². The molecule has 3 rings (SSSR count). The minimum atomic E-state index is -0.160. The van der Waals surface area contributed by atoms with Crippen LogP contribution in [0, 0.1) is 5.92 Å². The SMILES string of the molecule is CC(C)[C@@H](Sc1nnc(-c2ccncc2)n1C1CC1)C(=O)N(C)C. The van der Waals surface area contributed by atoms with Crippen molar-refractivity contribution in [3.8, 4) is 11.4 Å². The van der Waals surface area contributed by atoms with Gasteiger partial charge in [-0.05, 0) is 30.9 Å². The highest BCUT2D eigenvalue weighted by molar-refractivity contribution is 8.00. The number of carbonyl (C=O) groups is 1. The lowest BCUT2D eigenvalue weighted by molar-refractivity contribution is -0.128. The molecule has 1 amide bonds. The Bertz CT molecular complexity index is 709. The van der Waals surface area contributed by atoms with Crippen LogP contribution in [-0.2, 0) is 4.79 Å². The molecule has 1 saturated carbocycles. The molecule has 0 aromatic carbocycles. The first kappa shape index (κ1) is 17.0. The Morgan fingerprint density at radius 3 is 2.46 bits per heavy atom. The Morgan fingerprint density at radius 1 is 1.25 bits per heavy atom. The van der Waals surface area contributed by atoms with Gasteiger partial charge in [-0.2, -0.15) is 0 Å². The van der Waals surface area contributed by atoms with Crippen molar-refractivity contribution in [3.63, 3.8) is 0 Å². The number of hydrogen-bond donors (Lipinski definition) is 0. The van der Waals surface area contributed by atoms with Crippen molar-refractivity contribution < 1.29 is 4.79 Å². The van der Waals surface area contributed by atoms with Crippen LogP contribution in [0.2, 0.25) is 0 Å². The van der Waals surface area contributed by atoms with Gasteiger partial charge in [0.25, 0.3) is 0 Å². The molecular weight excluding hydrogens is 322 g/mol. The smallest absolute Gasteiger partial charge is 0.235 e. The predicted molar refractivity (Wildman–Crippen MR) is 94.7 cm³/mol. The van der Waals surface area contributed by atoms with Crippen LogP contribution >= 0.6 is 11.8 Å². The quantitative estimate of drug-likeness (QED) is 0.753. The lowest BCUT2D eigenvalue weighted by Crippen LogP contribution is -2.35. The molecule has 2 heterocycles. The van der Waals surface area contributed by atoms with E-state index in [1.165, 1.54) is 11.8 Å². The van der Waals surface area contributed by atoms with Gasteiger partial charge in [-0.15, -0.1) is 10.2 Å². The summed E-state index contributed by atoms with van der Waals surface area (Å²) in [5, 5.41) is 9.48. The van der Waals surface area contributed by atoms with Gasteiger partial charge in [0.15, 0.2) is 11.0 Å². The van der Waals surface area contributed by atoms with Gasteiger partial charge in [-0.25, -0.2) is 0 Å². The topological polar surface area (TPSA) is 63.9 Å². The van der Waals surface area contributed by atoms with Crippen LogP contribution in [-0.4, -0.2) is 49.9 Å². The van der Waals surface area contributed by atoms with E-state index >= 15 is 0 Å². The number of nitrogens with zero attached hydrogens (tertiary/aromatic N) is 5. The number of pyridine rings is 1. The molecule has 1 atom stereocenters. The standard InChI is InChI=1S/C17H23N5OS/c1-11(2)14(16(23)21(3)4)24-17-20-19-15(22(17)13-5-6-13)12-7-9-18-10-8-12/h7-11,13-14H,5-6H2,1-4H3/t14-/m1/s1. The Kier molecular flexibility index (Phi) is 4.89. The van der Waals surface area contributed by atoms with Crippen LogP contribution in [0.4, 0.5) is 0 Å². The molecule has 0 bridgehead atoms. The van der Waals surface area contributed by atoms with Crippen LogP contribution in [0.15, 0.2) is 29.7 Å². The van der Waals surface area contributed by atoms with Crippen LogP contribution < -0.4 is 0 Å². The van der Waals surface area contributed by atoms with E-state index in [4.69, 9.17) is 0 Å². The van der Waals surface area contributed by atoms with Crippen molar-refractivity contribution in [2.24, 2.45) is 5.92 Å². The maximum Gasteiger partial charge on any atom is 0.235 e. The van der Waals surface area contributed by atoms with E-state index in [0.717, 1.165) is 29.4 Å². The van der Waals surface area contributed by atoms with Crippen LogP contribution in [0.25, 0.3) is 11.4 Å². The molecule has 0 unspecified atom stereocenters. The van der Waals surface area contributed by atoms with Gasteiger partial charge in [-0.1, -0.05) is 25.6 Å². The lowest BCUT2D eigenvalue weighted by Gasteiger charge is -2.23. The molecule has 0 N–H and O–H groups in total. The number of thioether (sulfide) groups is 1. The lowest BCUT2D eigenvalue weighted by atomic mass is 10.1. The molecule has 0 aliphatic heterocycles. The van der Waals surface area contributed by atoms with E-state index in [9.17, 15) is 4.79 Å². The monoisotopic (exact) mass is 345 g/mol. The molecule has 0 saturated heterocycles. The van der Waals surface area contributed by atoms with Crippen LogP contribution in [0.1, 0.15) is 32.7 Å². The summed E-state index contributed by atoms with van der Waals surface area (Å²) in [4.78, 5) is 18.2. The van der Waals surface area contributed by atoms with Crippen molar-refractivity contribution in [3.05, 3.63) is 24.5 Å². The first-order chi connectivity index (χ1) is 11.5. The molecule has 1 fully saturated rings. The summed E-state index contributed by atoms with van der Waals surface area (Å²) in [5.41, 5.74) is 1.01. The van der Waals surface area contributed by atoms with Crippen molar-refractivity contribution >= 4 is 17.7 Å². The molecule has 128 valence electrons. The Labute approximate surface area is 146 Å². The molecule has 6 nitrogen and oxygen atoms in total. The van der Waals surface area contributed by atoms with Crippen molar-refractivity contribution in [1.82, 2.24) is 24.6 Å². The van der Waals surface area contributed by atoms with Crippen LogP contribution in [0.5, 0.6) is 0 Å². The van der Waals surface area contributed by atoms with Gasteiger partial charge in [0, 0.05) is 38.1 Å².